The second-order valence-corrected chi connectivity index (χ2v) is 1.28. The highest BCUT2D eigenvalue weighted by Gasteiger charge is 1.82. The van der Waals surface area contributed by atoms with Gasteiger partial charge in [-0.15, -0.1) is 0 Å². The number of rotatable bonds is 4. The largest absolute Gasteiger partial charge is 0.381 e. The van der Waals surface area contributed by atoms with E-state index in [0.29, 0.717) is 13.0 Å². The van der Waals surface area contributed by atoms with Crippen molar-refractivity contribution in [1.82, 2.24) is 0 Å². The summed E-state index contributed by atoms with van der Waals surface area (Å²) in [6.07, 6.45) is 2.10. The highest BCUT2D eigenvalue weighted by molar-refractivity contribution is 5.49. The fourth-order valence-corrected chi connectivity index (χ4v) is 0.338. The Balaban J connectivity index is 2.82. The summed E-state index contributed by atoms with van der Waals surface area (Å²) in [5.41, 5.74) is 7.88. The van der Waals surface area contributed by atoms with E-state index in [1.807, 2.05) is 6.92 Å². The van der Waals surface area contributed by atoms with Crippen LogP contribution < -0.4 is 0 Å². The molecule has 0 saturated carbocycles. The molecule has 8 heavy (non-hydrogen) atoms. The standard InChI is InChI=1S/C5H10N2O/c1-2-8-5-3-4-7-6/h4H,2-3,5H2,1H3. The smallest absolute Gasteiger partial charge is 0.259 e. The maximum atomic E-state index is 7.88. The summed E-state index contributed by atoms with van der Waals surface area (Å²) < 4.78 is 4.93. The molecular weight excluding hydrogens is 104 g/mol. The van der Waals surface area contributed by atoms with Crippen LogP contribution in [-0.2, 0) is 4.74 Å². The van der Waals surface area contributed by atoms with Crippen LogP contribution in [0, 0.1) is 0 Å². The van der Waals surface area contributed by atoms with Gasteiger partial charge in [0.15, 0.2) is 0 Å². The first-order chi connectivity index (χ1) is 3.91. The van der Waals surface area contributed by atoms with Crippen LogP contribution in [0.4, 0.5) is 0 Å². The van der Waals surface area contributed by atoms with Gasteiger partial charge in [-0.1, -0.05) is 0 Å². The van der Waals surface area contributed by atoms with Gasteiger partial charge in [-0.05, 0) is 6.92 Å². The molecule has 0 atom stereocenters. The minimum atomic E-state index is 0.639. The van der Waals surface area contributed by atoms with Crippen molar-refractivity contribution in [3.8, 4) is 0 Å². The lowest BCUT2D eigenvalue weighted by atomic mass is 10.5. The van der Waals surface area contributed by atoms with Gasteiger partial charge in [-0.25, -0.2) is 0 Å². The lowest BCUT2D eigenvalue weighted by molar-refractivity contribution is -0.00127. The molecule has 3 heteroatoms. The van der Waals surface area contributed by atoms with E-state index >= 15 is 0 Å². The van der Waals surface area contributed by atoms with Gasteiger partial charge in [0.2, 0.25) is 0 Å². The zero-order valence-corrected chi connectivity index (χ0v) is 5.00. The number of hydrogen-bond donors (Lipinski definition) is 0. The zero-order valence-electron chi connectivity index (χ0n) is 5.00. The molecule has 0 amide bonds. The fraction of sp³-hybridized carbons (Fsp3) is 0.800. The predicted octanol–water partition coefficient (Wildman–Crippen LogP) is 0.714. The summed E-state index contributed by atoms with van der Waals surface area (Å²) in [6.45, 7) is 3.29. The first-order valence-corrected chi connectivity index (χ1v) is 2.65. The van der Waals surface area contributed by atoms with Crippen LogP contribution >= 0.6 is 0 Å². The summed E-state index contributed by atoms with van der Waals surface area (Å²) in [6, 6.07) is 0. The normalized spacial score (nSPS) is 8.12. The van der Waals surface area contributed by atoms with Crippen molar-refractivity contribution in [3.05, 3.63) is 5.53 Å². The average molecular weight is 114 g/mol. The lowest BCUT2D eigenvalue weighted by Crippen LogP contribution is -1.93. The van der Waals surface area contributed by atoms with Gasteiger partial charge in [-0.3, -0.25) is 0 Å². The summed E-state index contributed by atoms with van der Waals surface area (Å²) in [5, 5.41) is 0. The van der Waals surface area contributed by atoms with E-state index in [9.17, 15) is 0 Å². The van der Waals surface area contributed by atoms with Gasteiger partial charge >= 0.3 is 0 Å². The van der Waals surface area contributed by atoms with Crippen molar-refractivity contribution in [1.29, 1.82) is 0 Å². The minimum Gasteiger partial charge on any atom is -0.381 e. The third-order valence-corrected chi connectivity index (χ3v) is 0.677. The third kappa shape index (κ3) is 5.34. The molecule has 3 nitrogen and oxygen atoms in total. The summed E-state index contributed by atoms with van der Waals surface area (Å²) in [5.74, 6) is 0. The molecule has 0 aliphatic rings. The van der Waals surface area contributed by atoms with Gasteiger partial charge in [0, 0.05) is 6.61 Å². The predicted molar refractivity (Wildman–Crippen MR) is 30.8 cm³/mol. The van der Waals surface area contributed by atoms with Crippen LogP contribution in [0.5, 0.6) is 0 Å². The van der Waals surface area contributed by atoms with E-state index in [4.69, 9.17) is 10.3 Å². The van der Waals surface area contributed by atoms with Crippen molar-refractivity contribution in [3.63, 3.8) is 0 Å². The summed E-state index contributed by atoms with van der Waals surface area (Å²) >= 11 is 0. The Kier molecular flexibility index (Phi) is 5.82. The Bertz CT molecular complexity index is 86.4. The Morgan fingerprint density at radius 2 is 2.50 bits per heavy atom. The van der Waals surface area contributed by atoms with Crippen LogP contribution in [0.25, 0.3) is 5.53 Å². The molecule has 0 heterocycles. The van der Waals surface area contributed by atoms with Gasteiger partial charge in [0.05, 0.1) is 13.0 Å². The van der Waals surface area contributed by atoms with Gasteiger partial charge in [0.1, 0.15) is 0 Å². The molecule has 0 aromatic heterocycles. The molecule has 0 unspecified atom stereocenters. The van der Waals surface area contributed by atoms with Crippen molar-refractivity contribution in [2.24, 2.45) is 0 Å². The molecule has 0 spiro atoms. The number of hydrogen-bond acceptors (Lipinski definition) is 1. The Morgan fingerprint density at radius 1 is 1.75 bits per heavy atom. The molecule has 0 bridgehead atoms. The average Bonchev–Trinajstić information content (AvgIpc) is 1.81. The SMILES string of the molecule is CCOCCC=[N+]=[N-]. The summed E-state index contributed by atoms with van der Waals surface area (Å²) in [7, 11) is 0. The van der Waals surface area contributed by atoms with Crippen LogP contribution in [-0.4, -0.2) is 24.2 Å². The second kappa shape index (κ2) is 6.34. The first kappa shape index (κ1) is 7.34. The van der Waals surface area contributed by atoms with Crippen molar-refractivity contribution in [2.75, 3.05) is 13.2 Å². The molecule has 0 fully saturated rings. The maximum absolute atomic E-state index is 7.88. The number of nitrogens with zero attached hydrogens (tertiary/aromatic N) is 2. The quantitative estimate of drug-likeness (QED) is 0.230. The van der Waals surface area contributed by atoms with E-state index in [1.54, 1.807) is 0 Å². The summed E-state index contributed by atoms with van der Waals surface area (Å²) in [4.78, 5) is 2.80. The van der Waals surface area contributed by atoms with Crippen LogP contribution in [0.15, 0.2) is 0 Å². The van der Waals surface area contributed by atoms with E-state index < -0.39 is 0 Å². The molecule has 0 saturated heterocycles. The monoisotopic (exact) mass is 114 g/mol. The molecular formula is C5H10N2O. The van der Waals surface area contributed by atoms with Crippen LogP contribution in [0.3, 0.4) is 0 Å². The van der Waals surface area contributed by atoms with E-state index in [1.165, 1.54) is 6.21 Å². The third-order valence-electron chi connectivity index (χ3n) is 0.677. The van der Waals surface area contributed by atoms with Gasteiger partial charge < -0.3 is 10.3 Å². The molecule has 46 valence electrons. The molecule has 0 N–H and O–H groups in total. The molecule has 0 aliphatic heterocycles. The van der Waals surface area contributed by atoms with Crippen molar-refractivity contribution >= 4 is 6.21 Å². The van der Waals surface area contributed by atoms with Crippen LogP contribution in [0.1, 0.15) is 13.3 Å². The fourth-order valence-electron chi connectivity index (χ4n) is 0.338. The van der Waals surface area contributed by atoms with E-state index in [-0.39, 0.29) is 0 Å². The van der Waals surface area contributed by atoms with E-state index in [2.05, 4.69) is 4.79 Å². The second-order valence-electron chi connectivity index (χ2n) is 1.28. The topological polar surface area (TPSA) is 45.6 Å². The zero-order chi connectivity index (χ0) is 6.24. The molecule has 0 radical (unpaired) electrons. The Hall–Kier alpha value is -0.660. The Morgan fingerprint density at radius 3 is 3.00 bits per heavy atom. The number of ether oxygens (including phenoxy) is 1. The molecule has 0 aliphatic carbocycles. The van der Waals surface area contributed by atoms with Gasteiger partial charge in [0.25, 0.3) is 6.21 Å². The van der Waals surface area contributed by atoms with Crippen LogP contribution in [0.2, 0.25) is 0 Å². The first-order valence-electron chi connectivity index (χ1n) is 2.65. The lowest BCUT2D eigenvalue weighted by Gasteiger charge is -1.90. The molecule has 0 aromatic rings. The highest BCUT2D eigenvalue weighted by Crippen LogP contribution is 1.74. The highest BCUT2D eigenvalue weighted by atomic mass is 16.5. The van der Waals surface area contributed by atoms with E-state index in [0.717, 1.165) is 6.61 Å². The van der Waals surface area contributed by atoms with Gasteiger partial charge in [-0.2, -0.15) is 4.79 Å². The minimum absolute atomic E-state index is 0.639. The Labute approximate surface area is 48.9 Å². The molecule has 0 rings (SSSR count). The molecule has 0 aromatic carbocycles. The maximum Gasteiger partial charge on any atom is 0.259 e. The van der Waals surface area contributed by atoms with Crippen molar-refractivity contribution in [2.45, 2.75) is 13.3 Å². The van der Waals surface area contributed by atoms with Crippen molar-refractivity contribution < 1.29 is 9.53 Å².